The molecule has 1 aromatic heterocycles. The molecule has 0 spiro atoms. The molecular weight excluding hydrogens is 214 g/mol. The summed E-state index contributed by atoms with van der Waals surface area (Å²) in [5, 5.41) is 0. The second-order valence-electron chi connectivity index (χ2n) is 3.09. The molecule has 16 heavy (non-hydrogen) atoms. The van der Waals surface area contributed by atoms with Crippen molar-refractivity contribution in [2.45, 2.75) is 6.29 Å². The number of rotatable bonds is 4. The highest BCUT2D eigenvalue weighted by molar-refractivity contribution is 5.29. The molecule has 0 unspecified atom stereocenters. The van der Waals surface area contributed by atoms with Crippen LogP contribution >= 0.6 is 0 Å². The van der Waals surface area contributed by atoms with Gasteiger partial charge in [0.1, 0.15) is 6.61 Å². The minimum absolute atomic E-state index is 0.0996. The van der Waals surface area contributed by atoms with Gasteiger partial charge in [0.05, 0.1) is 26.4 Å². The van der Waals surface area contributed by atoms with Gasteiger partial charge in [-0.15, -0.1) is 0 Å². The number of nitrogens with two attached hydrogens (primary N) is 1. The number of nitrogens with zero attached hydrogens (tertiary/aromatic N) is 2. The SMILES string of the molecule is COc1cc(OCC2OCCO2)nc(N)n1. The summed E-state index contributed by atoms with van der Waals surface area (Å²) in [5.74, 6) is 0.793. The van der Waals surface area contributed by atoms with Crippen molar-refractivity contribution < 1.29 is 18.9 Å². The van der Waals surface area contributed by atoms with Crippen LogP contribution in [0.4, 0.5) is 5.95 Å². The maximum absolute atomic E-state index is 5.47. The topological polar surface area (TPSA) is 88.7 Å². The van der Waals surface area contributed by atoms with Crippen molar-refractivity contribution in [2.24, 2.45) is 0 Å². The molecule has 88 valence electrons. The van der Waals surface area contributed by atoms with Gasteiger partial charge in [-0.3, -0.25) is 0 Å². The van der Waals surface area contributed by atoms with Crippen LogP contribution < -0.4 is 15.2 Å². The molecule has 7 nitrogen and oxygen atoms in total. The van der Waals surface area contributed by atoms with Crippen molar-refractivity contribution in [3.63, 3.8) is 0 Å². The molecule has 2 N–H and O–H groups in total. The first-order chi connectivity index (χ1) is 7.78. The van der Waals surface area contributed by atoms with Crippen molar-refractivity contribution in [3.05, 3.63) is 6.07 Å². The average Bonchev–Trinajstić information content (AvgIpc) is 2.78. The Morgan fingerprint density at radius 2 is 2.06 bits per heavy atom. The number of ether oxygens (including phenoxy) is 4. The molecule has 0 saturated carbocycles. The number of methoxy groups -OCH3 is 1. The third-order valence-corrected chi connectivity index (χ3v) is 1.96. The molecule has 1 saturated heterocycles. The van der Waals surface area contributed by atoms with Crippen LogP contribution in [0.15, 0.2) is 6.07 Å². The standard InChI is InChI=1S/C9H13N3O4/c1-13-6-4-7(12-9(10)11-6)16-5-8-14-2-3-15-8/h4,8H,2-3,5H2,1H3,(H2,10,11,12). The minimum Gasteiger partial charge on any atom is -0.481 e. The van der Waals surface area contributed by atoms with E-state index in [1.54, 1.807) is 6.07 Å². The van der Waals surface area contributed by atoms with Crippen LogP contribution in [0.25, 0.3) is 0 Å². The van der Waals surface area contributed by atoms with Gasteiger partial charge in [-0.2, -0.15) is 9.97 Å². The molecule has 1 aliphatic heterocycles. The van der Waals surface area contributed by atoms with E-state index >= 15 is 0 Å². The summed E-state index contributed by atoms with van der Waals surface area (Å²) >= 11 is 0. The Bertz CT molecular complexity index is 355. The van der Waals surface area contributed by atoms with E-state index in [4.69, 9.17) is 24.7 Å². The summed E-state index contributed by atoms with van der Waals surface area (Å²) in [6, 6.07) is 1.55. The fourth-order valence-electron chi connectivity index (χ4n) is 1.26. The van der Waals surface area contributed by atoms with Crippen molar-refractivity contribution >= 4 is 5.95 Å². The lowest BCUT2D eigenvalue weighted by molar-refractivity contribution is -0.0692. The van der Waals surface area contributed by atoms with Crippen molar-refractivity contribution in [1.29, 1.82) is 0 Å². The fraction of sp³-hybridized carbons (Fsp3) is 0.556. The summed E-state index contributed by atoms with van der Waals surface area (Å²) < 4.78 is 20.7. The molecule has 0 amide bonds. The highest BCUT2D eigenvalue weighted by Crippen LogP contribution is 2.17. The van der Waals surface area contributed by atoms with E-state index in [2.05, 4.69) is 9.97 Å². The lowest BCUT2D eigenvalue weighted by Crippen LogP contribution is -2.19. The second-order valence-corrected chi connectivity index (χ2v) is 3.09. The Morgan fingerprint density at radius 3 is 2.75 bits per heavy atom. The van der Waals surface area contributed by atoms with Gasteiger partial charge in [-0.25, -0.2) is 0 Å². The molecule has 0 aromatic carbocycles. The van der Waals surface area contributed by atoms with Crippen LogP contribution in [0.3, 0.4) is 0 Å². The number of hydrogen-bond donors (Lipinski definition) is 1. The summed E-state index contributed by atoms with van der Waals surface area (Å²) in [6.07, 6.45) is -0.345. The fourth-order valence-corrected chi connectivity index (χ4v) is 1.26. The molecule has 0 atom stereocenters. The predicted octanol–water partition coefficient (Wildman–Crippen LogP) is -0.181. The molecule has 2 rings (SSSR count). The lowest BCUT2D eigenvalue weighted by atomic mass is 10.6. The van der Waals surface area contributed by atoms with Crippen LogP contribution in [0.1, 0.15) is 0 Å². The van der Waals surface area contributed by atoms with E-state index in [1.807, 2.05) is 0 Å². The maximum Gasteiger partial charge on any atom is 0.226 e. The average molecular weight is 227 g/mol. The molecule has 1 aromatic rings. The van der Waals surface area contributed by atoms with E-state index in [0.717, 1.165) is 0 Å². The van der Waals surface area contributed by atoms with Gasteiger partial charge in [0.25, 0.3) is 0 Å². The Kier molecular flexibility index (Phi) is 3.37. The van der Waals surface area contributed by atoms with E-state index in [-0.39, 0.29) is 18.8 Å². The van der Waals surface area contributed by atoms with Crippen LogP contribution in [-0.4, -0.2) is 43.2 Å². The van der Waals surface area contributed by atoms with E-state index in [1.165, 1.54) is 7.11 Å². The summed E-state index contributed by atoms with van der Waals surface area (Å²) in [6.45, 7) is 1.44. The van der Waals surface area contributed by atoms with Crippen molar-refractivity contribution in [2.75, 3.05) is 32.7 Å². The van der Waals surface area contributed by atoms with Crippen LogP contribution in [0, 0.1) is 0 Å². The molecule has 7 heteroatoms. The Balaban J connectivity index is 1.94. The normalized spacial score (nSPS) is 16.3. The molecule has 1 aliphatic rings. The third-order valence-electron chi connectivity index (χ3n) is 1.96. The van der Waals surface area contributed by atoms with Crippen molar-refractivity contribution in [3.8, 4) is 11.8 Å². The smallest absolute Gasteiger partial charge is 0.226 e. The number of nitrogen functional groups attached to an aromatic ring is 1. The van der Waals surface area contributed by atoms with E-state index in [0.29, 0.717) is 25.0 Å². The van der Waals surface area contributed by atoms with Gasteiger partial charge in [-0.05, 0) is 0 Å². The number of aromatic nitrogens is 2. The second kappa shape index (κ2) is 4.95. The van der Waals surface area contributed by atoms with E-state index in [9.17, 15) is 0 Å². The lowest BCUT2D eigenvalue weighted by Gasteiger charge is -2.10. The highest BCUT2D eigenvalue weighted by atomic mass is 16.7. The van der Waals surface area contributed by atoms with Crippen molar-refractivity contribution in [1.82, 2.24) is 9.97 Å². The third kappa shape index (κ3) is 2.71. The summed E-state index contributed by atoms with van der Waals surface area (Å²) in [5.41, 5.74) is 5.47. The zero-order chi connectivity index (χ0) is 11.4. The van der Waals surface area contributed by atoms with Gasteiger partial charge < -0.3 is 24.7 Å². The largest absolute Gasteiger partial charge is 0.481 e. The molecule has 0 bridgehead atoms. The predicted molar refractivity (Wildman–Crippen MR) is 54.2 cm³/mol. The van der Waals surface area contributed by atoms with Gasteiger partial charge in [0.2, 0.25) is 17.7 Å². The van der Waals surface area contributed by atoms with Gasteiger partial charge in [0.15, 0.2) is 6.29 Å². The number of hydrogen-bond acceptors (Lipinski definition) is 7. The number of anilines is 1. The first-order valence-electron chi connectivity index (χ1n) is 4.82. The summed E-state index contributed by atoms with van der Waals surface area (Å²) in [7, 11) is 1.49. The van der Waals surface area contributed by atoms with E-state index < -0.39 is 0 Å². The Morgan fingerprint density at radius 1 is 1.38 bits per heavy atom. The minimum atomic E-state index is -0.345. The first-order valence-corrected chi connectivity index (χ1v) is 4.82. The zero-order valence-corrected chi connectivity index (χ0v) is 8.88. The first kappa shape index (κ1) is 10.9. The maximum atomic E-state index is 5.47. The molecule has 2 heterocycles. The molecule has 0 aliphatic carbocycles. The molecule has 1 fully saturated rings. The Labute approximate surface area is 92.5 Å². The monoisotopic (exact) mass is 227 g/mol. The van der Waals surface area contributed by atoms with Crippen LogP contribution in [0.2, 0.25) is 0 Å². The van der Waals surface area contributed by atoms with Crippen LogP contribution in [-0.2, 0) is 9.47 Å². The zero-order valence-electron chi connectivity index (χ0n) is 8.88. The quantitative estimate of drug-likeness (QED) is 0.763. The highest BCUT2D eigenvalue weighted by Gasteiger charge is 2.17. The Hall–Kier alpha value is -1.60. The van der Waals surface area contributed by atoms with Crippen LogP contribution in [0.5, 0.6) is 11.8 Å². The molecule has 0 radical (unpaired) electrons. The summed E-state index contributed by atoms with van der Waals surface area (Å²) in [4.78, 5) is 7.73. The van der Waals surface area contributed by atoms with Gasteiger partial charge >= 0.3 is 0 Å². The molecular formula is C9H13N3O4. The van der Waals surface area contributed by atoms with Gasteiger partial charge in [0, 0.05) is 0 Å². The van der Waals surface area contributed by atoms with Gasteiger partial charge in [-0.1, -0.05) is 0 Å².